The molecule has 2 aromatic carbocycles. The van der Waals surface area contributed by atoms with Crippen LogP contribution in [-0.2, 0) is 9.53 Å². The summed E-state index contributed by atoms with van der Waals surface area (Å²) in [7, 11) is 0. The molecule has 0 spiro atoms. The molecular weight excluding hydrogens is 482 g/mol. The van der Waals surface area contributed by atoms with Crippen LogP contribution in [0.5, 0.6) is 0 Å². The van der Waals surface area contributed by atoms with Gasteiger partial charge in [-0.3, -0.25) is 14.6 Å². The Labute approximate surface area is 224 Å². The van der Waals surface area contributed by atoms with E-state index in [9.17, 15) is 13.6 Å². The first kappa shape index (κ1) is 25.4. The van der Waals surface area contributed by atoms with Crippen LogP contribution in [0, 0.1) is 28.9 Å². The number of piperazine rings is 1. The van der Waals surface area contributed by atoms with E-state index in [0.29, 0.717) is 6.54 Å². The van der Waals surface area contributed by atoms with E-state index in [0.717, 1.165) is 56.6 Å². The van der Waals surface area contributed by atoms with Crippen LogP contribution in [0.1, 0.15) is 50.3 Å². The van der Waals surface area contributed by atoms with Gasteiger partial charge in [0.2, 0.25) is 0 Å². The molecule has 4 nitrogen and oxygen atoms in total. The summed E-state index contributed by atoms with van der Waals surface area (Å²) in [4.78, 5) is 17.8. The SMILES string of the molecule is CC1=CCC[C@]2(C)C[C@H]3OC(=O)[C@@H](CN4CCN(C(c5ccc(F)cc5)c5ccc(F)cc5)CC4)[C@H]3C=C12. The summed E-state index contributed by atoms with van der Waals surface area (Å²) in [5.74, 6) is -0.594. The average Bonchev–Trinajstić information content (AvgIpc) is 3.19. The molecule has 2 fully saturated rings. The molecule has 0 radical (unpaired) electrons. The Balaban J connectivity index is 1.17. The number of rotatable bonds is 5. The molecule has 6 heteroatoms. The number of esters is 1. The van der Waals surface area contributed by atoms with E-state index in [-0.39, 0.29) is 47.0 Å². The molecule has 0 amide bonds. The normalized spacial score (nSPS) is 29.9. The van der Waals surface area contributed by atoms with E-state index in [1.165, 1.54) is 35.4 Å². The first-order chi connectivity index (χ1) is 18.3. The highest BCUT2D eigenvalue weighted by Crippen LogP contribution is 2.52. The molecule has 4 aliphatic rings. The lowest BCUT2D eigenvalue weighted by Gasteiger charge is -2.43. The summed E-state index contributed by atoms with van der Waals surface area (Å²) in [6, 6.07) is 13.1. The summed E-state index contributed by atoms with van der Waals surface area (Å²) in [5.41, 5.74) is 4.86. The predicted molar refractivity (Wildman–Crippen MR) is 143 cm³/mol. The maximum Gasteiger partial charge on any atom is 0.311 e. The Morgan fingerprint density at radius 2 is 1.58 bits per heavy atom. The van der Waals surface area contributed by atoms with Crippen molar-refractivity contribution in [3.8, 4) is 0 Å². The molecule has 200 valence electrons. The van der Waals surface area contributed by atoms with Gasteiger partial charge in [0.15, 0.2) is 0 Å². The third-order valence-electron chi connectivity index (χ3n) is 9.30. The van der Waals surface area contributed by atoms with Gasteiger partial charge in [-0.25, -0.2) is 8.78 Å². The largest absolute Gasteiger partial charge is 0.461 e. The molecule has 0 saturated carbocycles. The lowest BCUT2D eigenvalue weighted by Crippen LogP contribution is -2.50. The first-order valence-electron chi connectivity index (χ1n) is 13.9. The van der Waals surface area contributed by atoms with Crippen molar-refractivity contribution < 1.29 is 18.3 Å². The Morgan fingerprint density at radius 1 is 0.974 bits per heavy atom. The molecule has 0 unspecified atom stereocenters. The van der Waals surface area contributed by atoms with Gasteiger partial charge in [0, 0.05) is 38.6 Å². The van der Waals surface area contributed by atoms with Gasteiger partial charge in [-0.15, -0.1) is 0 Å². The van der Waals surface area contributed by atoms with Crippen molar-refractivity contribution in [1.82, 2.24) is 9.80 Å². The van der Waals surface area contributed by atoms with Gasteiger partial charge in [0.25, 0.3) is 0 Å². The molecule has 6 rings (SSSR count). The van der Waals surface area contributed by atoms with E-state index in [2.05, 4.69) is 35.8 Å². The summed E-state index contributed by atoms with van der Waals surface area (Å²) in [6.45, 7) is 8.49. The van der Waals surface area contributed by atoms with Gasteiger partial charge in [-0.2, -0.15) is 0 Å². The molecule has 2 heterocycles. The minimum absolute atomic E-state index is 0.0187. The van der Waals surface area contributed by atoms with Crippen molar-refractivity contribution >= 4 is 5.97 Å². The van der Waals surface area contributed by atoms with E-state index in [1.54, 1.807) is 0 Å². The second-order valence-corrected chi connectivity index (χ2v) is 11.8. The van der Waals surface area contributed by atoms with Crippen LogP contribution in [0.25, 0.3) is 0 Å². The van der Waals surface area contributed by atoms with Crippen LogP contribution in [0.2, 0.25) is 0 Å². The lowest BCUT2D eigenvalue weighted by atomic mass is 9.62. The van der Waals surface area contributed by atoms with E-state index < -0.39 is 0 Å². The first-order valence-corrected chi connectivity index (χ1v) is 13.9. The van der Waals surface area contributed by atoms with Crippen LogP contribution in [-0.4, -0.2) is 54.6 Å². The fourth-order valence-electron chi connectivity index (χ4n) is 7.22. The van der Waals surface area contributed by atoms with Crippen molar-refractivity contribution in [3.63, 3.8) is 0 Å². The number of nitrogens with zero attached hydrogens (tertiary/aromatic N) is 2. The summed E-state index contributed by atoms with van der Waals surface area (Å²) < 4.78 is 33.3. The fraction of sp³-hybridized carbons (Fsp3) is 0.469. The van der Waals surface area contributed by atoms with Crippen LogP contribution >= 0.6 is 0 Å². The number of carbonyl (C=O) groups excluding carboxylic acids is 1. The Kier molecular flexibility index (Phi) is 6.73. The number of fused-ring (bicyclic) bond motifs is 2. The van der Waals surface area contributed by atoms with Gasteiger partial charge < -0.3 is 4.74 Å². The monoisotopic (exact) mass is 518 g/mol. The second kappa shape index (κ2) is 10.0. The third kappa shape index (κ3) is 4.73. The van der Waals surface area contributed by atoms with Crippen molar-refractivity contribution in [2.75, 3.05) is 32.7 Å². The van der Waals surface area contributed by atoms with Gasteiger partial charge in [0.1, 0.15) is 17.7 Å². The standard InChI is InChI=1S/C32H36F2N2O2/c1-21-4-3-13-32(2)19-29-26(18-28(21)32)27(31(37)38-29)20-35-14-16-36(17-15-35)30(22-5-9-24(33)10-6-22)23-7-11-25(34)12-8-23/h4-12,18,26-27,29-30H,3,13-17,19-20H2,1-2H3/t26-,27+,29-,32-/m1/s1. The molecule has 2 saturated heterocycles. The Hall–Kier alpha value is -2.83. The number of ether oxygens (including phenoxy) is 1. The number of hydrogen-bond acceptors (Lipinski definition) is 4. The van der Waals surface area contributed by atoms with Crippen molar-refractivity contribution in [2.24, 2.45) is 17.3 Å². The maximum absolute atomic E-state index is 13.7. The second-order valence-electron chi connectivity index (χ2n) is 11.8. The smallest absolute Gasteiger partial charge is 0.311 e. The molecule has 0 aromatic heterocycles. The summed E-state index contributed by atoms with van der Waals surface area (Å²) in [6.07, 6.45) is 7.81. The minimum Gasteiger partial charge on any atom is -0.461 e. The minimum atomic E-state index is -0.268. The van der Waals surface area contributed by atoms with E-state index in [4.69, 9.17) is 4.74 Å². The van der Waals surface area contributed by atoms with Crippen molar-refractivity contribution in [2.45, 2.75) is 45.3 Å². The van der Waals surface area contributed by atoms with Crippen LogP contribution in [0.3, 0.4) is 0 Å². The number of hydrogen-bond donors (Lipinski definition) is 0. The molecule has 0 N–H and O–H groups in total. The number of benzene rings is 2. The maximum atomic E-state index is 13.7. The van der Waals surface area contributed by atoms with Gasteiger partial charge in [-0.05, 0) is 72.6 Å². The third-order valence-corrected chi connectivity index (χ3v) is 9.30. The summed E-state index contributed by atoms with van der Waals surface area (Å²) in [5, 5.41) is 0. The van der Waals surface area contributed by atoms with Gasteiger partial charge in [-0.1, -0.05) is 48.9 Å². The number of halogens is 2. The van der Waals surface area contributed by atoms with Crippen LogP contribution in [0.4, 0.5) is 8.78 Å². The summed E-state index contributed by atoms with van der Waals surface area (Å²) >= 11 is 0. The highest BCUT2D eigenvalue weighted by Gasteiger charge is 2.51. The Morgan fingerprint density at radius 3 is 2.18 bits per heavy atom. The quantitative estimate of drug-likeness (QED) is 0.461. The number of allylic oxidation sites excluding steroid dienone is 3. The molecule has 4 atom stereocenters. The predicted octanol–water partition coefficient (Wildman–Crippen LogP) is 5.91. The van der Waals surface area contributed by atoms with Crippen molar-refractivity contribution in [3.05, 3.63) is 94.6 Å². The number of carbonyl (C=O) groups is 1. The van der Waals surface area contributed by atoms with Crippen LogP contribution in [0.15, 0.2) is 71.8 Å². The van der Waals surface area contributed by atoms with Crippen molar-refractivity contribution in [1.29, 1.82) is 0 Å². The fourth-order valence-corrected chi connectivity index (χ4v) is 7.22. The van der Waals surface area contributed by atoms with E-state index in [1.807, 2.05) is 24.3 Å². The highest BCUT2D eigenvalue weighted by atomic mass is 19.1. The lowest BCUT2D eigenvalue weighted by molar-refractivity contribution is -0.145. The van der Waals surface area contributed by atoms with E-state index >= 15 is 0 Å². The molecule has 38 heavy (non-hydrogen) atoms. The molecule has 0 bridgehead atoms. The zero-order valence-corrected chi connectivity index (χ0v) is 22.2. The molecule has 2 aliphatic carbocycles. The zero-order valence-electron chi connectivity index (χ0n) is 22.2. The molecular formula is C32H36F2N2O2. The topological polar surface area (TPSA) is 32.8 Å². The molecule has 2 aliphatic heterocycles. The highest BCUT2D eigenvalue weighted by molar-refractivity contribution is 5.76. The van der Waals surface area contributed by atoms with Crippen LogP contribution < -0.4 is 0 Å². The zero-order chi connectivity index (χ0) is 26.4. The molecule has 2 aromatic rings. The Bertz CT molecular complexity index is 1200. The average molecular weight is 519 g/mol. The van der Waals surface area contributed by atoms with Gasteiger partial charge >= 0.3 is 5.97 Å². The van der Waals surface area contributed by atoms with Gasteiger partial charge in [0.05, 0.1) is 12.0 Å².